The molecular formula is C12H7N3O3. The zero-order valence-corrected chi connectivity index (χ0v) is 9.21. The van der Waals surface area contributed by atoms with Gasteiger partial charge < -0.3 is 4.74 Å². The van der Waals surface area contributed by atoms with Gasteiger partial charge in [-0.1, -0.05) is 17.0 Å². The molecule has 0 aromatic heterocycles. The smallest absolute Gasteiger partial charge is 0.346 e. The highest BCUT2D eigenvalue weighted by atomic mass is 16.6. The molecule has 6 nitrogen and oxygen atoms in total. The predicted molar refractivity (Wildman–Crippen MR) is 61.7 cm³/mol. The van der Waals surface area contributed by atoms with Crippen LogP contribution >= 0.6 is 0 Å². The largest absolute Gasteiger partial charge is 0.386 e. The van der Waals surface area contributed by atoms with Crippen LogP contribution in [-0.2, 0) is 4.74 Å². The zero-order valence-electron chi connectivity index (χ0n) is 9.21. The Labute approximate surface area is 102 Å². The Hall–Kier alpha value is -2.77. The number of benzene rings is 1. The van der Waals surface area contributed by atoms with Crippen LogP contribution in [0.25, 0.3) is 10.4 Å². The van der Waals surface area contributed by atoms with Gasteiger partial charge in [-0.05, 0) is 23.7 Å². The second-order valence-corrected chi connectivity index (χ2v) is 3.44. The summed E-state index contributed by atoms with van der Waals surface area (Å²) in [5.41, 5.74) is 9.18. The molecule has 1 aromatic carbocycles. The molecule has 18 heavy (non-hydrogen) atoms. The van der Waals surface area contributed by atoms with Crippen molar-refractivity contribution in [3.8, 4) is 11.8 Å². The van der Waals surface area contributed by atoms with Crippen LogP contribution in [0.2, 0.25) is 0 Å². The topological polar surface area (TPSA) is 92.1 Å². The SMILES string of the molecule is [N-]=[N+]=NCCC#Cc1ccc2c(c1)C(=O)OC2=O. The number of carbonyl (C=O) groups excluding carboxylic acids is 2. The molecular weight excluding hydrogens is 234 g/mol. The maximum Gasteiger partial charge on any atom is 0.346 e. The molecule has 2 rings (SSSR count). The van der Waals surface area contributed by atoms with E-state index in [0.717, 1.165) is 0 Å². The fourth-order valence-corrected chi connectivity index (χ4v) is 1.48. The highest BCUT2D eigenvalue weighted by molar-refractivity contribution is 6.14. The van der Waals surface area contributed by atoms with Crippen LogP contribution in [-0.4, -0.2) is 18.5 Å². The van der Waals surface area contributed by atoms with Gasteiger partial charge in [-0.15, -0.1) is 0 Å². The summed E-state index contributed by atoms with van der Waals surface area (Å²) >= 11 is 0. The van der Waals surface area contributed by atoms with Crippen LogP contribution in [0.3, 0.4) is 0 Å². The van der Waals surface area contributed by atoms with Crippen molar-refractivity contribution in [1.82, 2.24) is 0 Å². The maximum atomic E-state index is 11.3. The van der Waals surface area contributed by atoms with Gasteiger partial charge in [-0.2, -0.15) is 0 Å². The molecule has 1 aliphatic rings. The second-order valence-electron chi connectivity index (χ2n) is 3.44. The van der Waals surface area contributed by atoms with Crippen molar-refractivity contribution in [2.75, 3.05) is 6.54 Å². The first-order valence-electron chi connectivity index (χ1n) is 5.12. The van der Waals surface area contributed by atoms with Gasteiger partial charge in [0.2, 0.25) is 0 Å². The van der Waals surface area contributed by atoms with Crippen LogP contribution in [0.1, 0.15) is 32.7 Å². The summed E-state index contributed by atoms with van der Waals surface area (Å²) in [5, 5.41) is 3.34. The Bertz CT molecular complexity index is 634. The molecule has 0 amide bonds. The predicted octanol–water partition coefficient (Wildman–Crippen LogP) is 2.05. The molecule has 0 fully saturated rings. The van der Waals surface area contributed by atoms with Gasteiger partial charge in [0.15, 0.2) is 0 Å². The van der Waals surface area contributed by atoms with Crippen molar-refractivity contribution < 1.29 is 14.3 Å². The van der Waals surface area contributed by atoms with Gasteiger partial charge in [0.05, 0.1) is 11.1 Å². The van der Waals surface area contributed by atoms with Crippen molar-refractivity contribution >= 4 is 11.9 Å². The van der Waals surface area contributed by atoms with Gasteiger partial charge in [0, 0.05) is 23.4 Å². The molecule has 0 saturated carbocycles. The standard InChI is InChI=1S/C12H7N3O3/c13-15-14-6-2-1-3-8-4-5-9-10(7-8)12(17)18-11(9)16/h4-5,7H,2,6H2. The molecule has 0 unspecified atom stereocenters. The summed E-state index contributed by atoms with van der Waals surface area (Å²) in [6.45, 7) is 0.301. The van der Waals surface area contributed by atoms with Crippen LogP contribution in [0, 0.1) is 11.8 Å². The van der Waals surface area contributed by atoms with E-state index in [9.17, 15) is 9.59 Å². The molecule has 1 heterocycles. The van der Waals surface area contributed by atoms with Gasteiger partial charge in [-0.3, -0.25) is 0 Å². The minimum atomic E-state index is -0.646. The summed E-state index contributed by atoms with van der Waals surface area (Å²) in [6, 6.07) is 4.67. The first-order chi connectivity index (χ1) is 8.72. The van der Waals surface area contributed by atoms with E-state index >= 15 is 0 Å². The Kier molecular flexibility index (Phi) is 3.28. The maximum absolute atomic E-state index is 11.3. The van der Waals surface area contributed by atoms with E-state index in [0.29, 0.717) is 18.5 Å². The Morgan fingerprint density at radius 3 is 2.83 bits per heavy atom. The summed E-state index contributed by atoms with van der Waals surface area (Å²) in [4.78, 5) is 25.1. The lowest BCUT2D eigenvalue weighted by atomic mass is 10.1. The van der Waals surface area contributed by atoms with Crippen LogP contribution in [0.4, 0.5) is 0 Å². The van der Waals surface area contributed by atoms with Gasteiger partial charge in [-0.25, -0.2) is 9.59 Å². The van der Waals surface area contributed by atoms with E-state index in [1.807, 2.05) is 0 Å². The van der Waals surface area contributed by atoms with E-state index in [-0.39, 0.29) is 11.1 Å². The monoisotopic (exact) mass is 241 g/mol. The number of ether oxygens (including phenoxy) is 1. The number of hydrogen-bond donors (Lipinski definition) is 0. The van der Waals surface area contributed by atoms with Crippen molar-refractivity contribution in [2.24, 2.45) is 5.11 Å². The molecule has 88 valence electrons. The number of carbonyl (C=O) groups is 2. The summed E-state index contributed by atoms with van der Waals surface area (Å²) in [7, 11) is 0. The van der Waals surface area contributed by atoms with Crippen molar-refractivity contribution in [1.29, 1.82) is 0 Å². The lowest BCUT2D eigenvalue weighted by Crippen LogP contribution is -1.96. The fourth-order valence-electron chi connectivity index (χ4n) is 1.48. The average molecular weight is 241 g/mol. The quantitative estimate of drug-likeness (QED) is 0.151. The molecule has 0 bridgehead atoms. The van der Waals surface area contributed by atoms with Crippen molar-refractivity contribution in [2.45, 2.75) is 6.42 Å². The molecule has 0 aliphatic carbocycles. The number of nitrogens with zero attached hydrogens (tertiary/aromatic N) is 3. The number of cyclic esters (lactones) is 2. The third-order valence-electron chi connectivity index (χ3n) is 2.28. The van der Waals surface area contributed by atoms with Crippen LogP contribution in [0.15, 0.2) is 23.3 Å². The van der Waals surface area contributed by atoms with Crippen molar-refractivity contribution in [3.05, 3.63) is 45.3 Å². The molecule has 0 atom stereocenters. The van der Waals surface area contributed by atoms with Gasteiger partial charge >= 0.3 is 11.9 Å². The van der Waals surface area contributed by atoms with Gasteiger partial charge in [0.25, 0.3) is 0 Å². The number of azide groups is 1. The normalized spacial score (nSPS) is 12.0. The van der Waals surface area contributed by atoms with E-state index in [1.54, 1.807) is 6.07 Å². The third kappa shape index (κ3) is 2.32. The summed E-state index contributed by atoms with van der Waals surface area (Å²) in [6.07, 6.45) is 0.435. The fraction of sp³-hybridized carbons (Fsp3) is 0.167. The zero-order chi connectivity index (χ0) is 13.0. The lowest BCUT2D eigenvalue weighted by molar-refractivity contribution is 0.0444. The molecule has 6 heteroatoms. The molecule has 1 aliphatic heterocycles. The summed E-state index contributed by atoms with van der Waals surface area (Å²) in [5.74, 6) is 4.35. The van der Waals surface area contributed by atoms with E-state index < -0.39 is 11.9 Å². The Morgan fingerprint density at radius 1 is 1.28 bits per heavy atom. The first kappa shape index (κ1) is 11.7. The number of hydrogen-bond acceptors (Lipinski definition) is 4. The highest BCUT2D eigenvalue weighted by Gasteiger charge is 2.29. The highest BCUT2D eigenvalue weighted by Crippen LogP contribution is 2.20. The van der Waals surface area contributed by atoms with E-state index in [1.165, 1.54) is 12.1 Å². The minimum absolute atomic E-state index is 0.238. The third-order valence-corrected chi connectivity index (χ3v) is 2.28. The van der Waals surface area contributed by atoms with Gasteiger partial charge in [0.1, 0.15) is 0 Å². The number of fused-ring (bicyclic) bond motifs is 1. The molecule has 0 spiro atoms. The molecule has 0 radical (unpaired) electrons. The van der Waals surface area contributed by atoms with Crippen molar-refractivity contribution in [3.63, 3.8) is 0 Å². The Balaban J connectivity index is 2.17. The first-order valence-corrected chi connectivity index (χ1v) is 5.12. The number of esters is 2. The second kappa shape index (κ2) is 5.04. The molecule has 0 saturated heterocycles. The minimum Gasteiger partial charge on any atom is -0.386 e. The van der Waals surface area contributed by atoms with E-state index in [4.69, 9.17) is 5.53 Å². The average Bonchev–Trinajstić information content (AvgIpc) is 2.65. The molecule has 0 N–H and O–H groups in total. The van der Waals surface area contributed by atoms with Crippen LogP contribution in [0.5, 0.6) is 0 Å². The number of rotatable bonds is 2. The Morgan fingerprint density at radius 2 is 2.06 bits per heavy atom. The van der Waals surface area contributed by atoms with E-state index in [2.05, 4.69) is 26.6 Å². The molecule has 1 aromatic rings. The lowest BCUT2D eigenvalue weighted by Gasteiger charge is -1.93. The summed E-state index contributed by atoms with van der Waals surface area (Å²) < 4.78 is 4.46. The van der Waals surface area contributed by atoms with Crippen LogP contribution < -0.4 is 0 Å².